The Hall–Kier alpha value is -3.47. The number of nitrogens with zero attached hydrogens (tertiary/aromatic N) is 1. The molecule has 1 aromatic heterocycles. The fourth-order valence-corrected chi connectivity index (χ4v) is 3.55. The lowest BCUT2D eigenvalue weighted by atomic mass is 9.95. The van der Waals surface area contributed by atoms with Gasteiger partial charge in [0, 0.05) is 37.3 Å². The van der Waals surface area contributed by atoms with Crippen molar-refractivity contribution in [2.24, 2.45) is 0 Å². The van der Waals surface area contributed by atoms with Crippen LogP contribution in [0, 0.1) is 6.92 Å². The highest BCUT2D eigenvalue weighted by Gasteiger charge is 2.13. The molecule has 0 spiro atoms. The Bertz CT molecular complexity index is 1060. The van der Waals surface area contributed by atoms with E-state index >= 15 is 0 Å². The first-order valence-electron chi connectivity index (χ1n) is 10.6. The van der Waals surface area contributed by atoms with Crippen LogP contribution in [0.2, 0.25) is 0 Å². The van der Waals surface area contributed by atoms with Crippen LogP contribution in [0.15, 0.2) is 60.9 Å². The molecule has 0 atom stereocenters. The lowest BCUT2D eigenvalue weighted by molar-refractivity contribution is -0.121. The van der Waals surface area contributed by atoms with Crippen LogP contribution < -0.4 is 5.32 Å². The van der Waals surface area contributed by atoms with Gasteiger partial charge in [-0.2, -0.15) is 0 Å². The molecule has 0 bridgehead atoms. The standard InChI is InChI=1S/C26H28N2O3/c1-3-20-16-22(7-9-24(20)29)21-6-8-23(18(2)15-21)25(30)10-11-26(31)28-14-12-19-5-4-13-27-17-19/h4-9,13,15-17,29H,3,10-12,14H2,1-2H3,(H,28,31). The summed E-state index contributed by atoms with van der Waals surface area (Å²) in [7, 11) is 0. The molecule has 31 heavy (non-hydrogen) atoms. The third-order valence-electron chi connectivity index (χ3n) is 5.36. The molecule has 1 heterocycles. The van der Waals surface area contributed by atoms with Crippen LogP contribution in [-0.2, 0) is 17.6 Å². The van der Waals surface area contributed by atoms with Crippen LogP contribution in [0.25, 0.3) is 11.1 Å². The van der Waals surface area contributed by atoms with E-state index in [-0.39, 0.29) is 24.5 Å². The molecule has 3 rings (SSSR count). The highest BCUT2D eigenvalue weighted by Crippen LogP contribution is 2.28. The highest BCUT2D eigenvalue weighted by atomic mass is 16.3. The van der Waals surface area contributed by atoms with E-state index in [1.54, 1.807) is 18.5 Å². The number of hydrogen-bond donors (Lipinski definition) is 2. The molecule has 2 aromatic carbocycles. The first kappa shape index (κ1) is 22.2. The van der Waals surface area contributed by atoms with E-state index in [4.69, 9.17) is 0 Å². The van der Waals surface area contributed by atoms with E-state index in [9.17, 15) is 14.7 Å². The maximum atomic E-state index is 12.6. The zero-order valence-electron chi connectivity index (χ0n) is 18.0. The van der Waals surface area contributed by atoms with Crippen molar-refractivity contribution in [1.82, 2.24) is 10.3 Å². The summed E-state index contributed by atoms with van der Waals surface area (Å²) in [6.07, 6.45) is 5.31. The molecule has 0 saturated heterocycles. The van der Waals surface area contributed by atoms with Gasteiger partial charge in [-0.1, -0.05) is 37.3 Å². The van der Waals surface area contributed by atoms with Crippen molar-refractivity contribution in [1.29, 1.82) is 0 Å². The molecule has 5 heteroatoms. The molecule has 0 aliphatic heterocycles. The zero-order chi connectivity index (χ0) is 22.2. The number of phenols is 1. The van der Waals surface area contributed by atoms with Crippen molar-refractivity contribution < 1.29 is 14.7 Å². The zero-order valence-corrected chi connectivity index (χ0v) is 18.0. The predicted molar refractivity (Wildman–Crippen MR) is 122 cm³/mol. The Morgan fingerprint density at radius 2 is 1.81 bits per heavy atom. The molecule has 5 nitrogen and oxygen atoms in total. The van der Waals surface area contributed by atoms with Crippen molar-refractivity contribution in [3.63, 3.8) is 0 Å². The third-order valence-corrected chi connectivity index (χ3v) is 5.36. The van der Waals surface area contributed by atoms with E-state index in [0.29, 0.717) is 24.3 Å². The first-order chi connectivity index (χ1) is 15.0. The predicted octanol–water partition coefficient (Wildman–Crippen LogP) is 4.65. The maximum Gasteiger partial charge on any atom is 0.220 e. The fourth-order valence-electron chi connectivity index (χ4n) is 3.55. The van der Waals surface area contributed by atoms with Gasteiger partial charge in [0.2, 0.25) is 5.91 Å². The summed E-state index contributed by atoms with van der Waals surface area (Å²) in [5.41, 5.74) is 5.48. The van der Waals surface area contributed by atoms with Gasteiger partial charge >= 0.3 is 0 Å². The fraction of sp³-hybridized carbons (Fsp3) is 0.269. The van der Waals surface area contributed by atoms with Gasteiger partial charge in [0.1, 0.15) is 5.75 Å². The number of rotatable bonds is 9. The van der Waals surface area contributed by atoms with Crippen LogP contribution in [0.4, 0.5) is 0 Å². The number of hydrogen-bond acceptors (Lipinski definition) is 4. The average Bonchev–Trinajstić information content (AvgIpc) is 2.78. The van der Waals surface area contributed by atoms with Crippen LogP contribution >= 0.6 is 0 Å². The summed E-state index contributed by atoms with van der Waals surface area (Å²) >= 11 is 0. The summed E-state index contributed by atoms with van der Waals surface area (Å²) in [5, 5.41) is 12.7. The van der Waals surface area contributed by atoms with Crippen LogP contribution in [0.5, 0.6) is 5.75 Å². The second-order valence-electron chi connectivity index (χ2n) is 7.61. The topological polar surface area (TPSA) is 79.3 Å². The Kier molecular flexibility index (Phi) is 7.55. The van der Waals surface area contributed by atoms with Gasteiger partial charge in [-0.05, 0) is 65.8 Å². The number of aryl methyl sites for hydroxylation is 2. The molecule has 2 N–H and O–H groups in total. The van der Waals surface area contributed by atoms with Gasteiger partial charge in [0.25, 0.3) is 0 Å². The van der Waals surface area contributed by atoms with Gasteiger partial charge in [-0.3, -0.25) is 14.6 Å². The van der Waals surface area contributed by atoms with Crippen molar-refractivity contribution in [2.75, 3.05) is 6.54 Å². The molecule has 1 amide bonds. The molecular formula is C26H28N2O3. The Morgan fingerprint density at radius 1 is 1.03 bits per heavy atom. The third kappa shape index (κ3) is 6.01. The number of aromatic nitrogens is 1. The van der Waals surface area contributed by atoms with Crippen LogP contribution in [0.1, 0.15) is 46.8 Å². The highest BCUT2D eigenvalue weighted by molar-refractivity contribution is 5.99. The maximum absolute atomic E-state index is 12.6. The van der Waals surface area contributed by atoms with E-state index in [1.165, 1.54) is 0 Å². The molecular weight excluding hydrogens is 388 g/mol. The smallest absolute Gasteiger partial charge is 0.220 e. The number of phenolic OH excluding ortho intramolecular Hbond substituents is 1. The van der Waals surface area contributed by atoms with E-state index in [0.717, 1.165) is 34.2 Å². The molecule has 3 aromatic rings. The number of amides is 1. The molecule has 160 valence electrons. The number of pyridine rings is 1. The summed E-state index contributed by atoms with van der Waals surface area (Å²) in [4.78, 5) is 28.8. The van der Waals surface area contributed by atoms with Crippen LogP contribution in [0.3, 0.4) is 0 Å². The number of Topliss-reactive ketones (excluding diaryl/α,β-unsaturated/α-hetero) is 1. The number of nitrogens with one attached hydrogen (secondary N) is 1. The Labute approximate surface area is 183 Å². The number of ketones is 1. The SMILES string of the molecule is CCc1cc(-c2ccc(C(=O)CCC(=O)NCCc3cccnc3)c(C)c2)ccc1O. The van der Waals surface area contributed by atoms with E-state index < -0.39 is 0 Å². The lowest BCUT2D eigenvalue weighted by Gasteiger charge is -2.10. The van der Waals surface area contributed by atoms with E-state index in [2.05, 4.69) is 10.3 Å². The van der Waals surface area contributed by atoms with Gasteiger partial charge in [0.05, 0.1) is 0 Å². The van der Waals surface area contributed by atoms with Crippen molar-refractivity contribution in [2.45, 2.75) is 39.5 Å². The molecule has 0 aliphatic carbocycles. The Balaban J connectivity index is 1.55. The van der Waals surface area contributed by atoms with Crippen LogP contribution in [-0.4, -0.2) is 28.3 Å². The number of aromatic hydroxyl groups is 1. The number of carbonyl (C=O) groups is 2. The summed E-state index contributed by atoms with van der Waals surface area (Å²) < 4.78 is 0. The molecule has 0 unspecified atom stereocenters. The van der Waals surface area contributed by atoms with E-state index in [1.807, 2.05) is 56.3 Å². The minimum atomic E-state index is -0.122. The molecule has 0 aliphatic rings. The van der Waals surface area contributed by atoms with Gasteiger partial charge in [-0.25, -0.2) is 0 Å². The van der Waals surface area contributed by atoms with Crippen molar-refractivity contribution in [3.05, 3.63) is 83.2 Å². The first-order valence-corrected chi connectivity index (χ1v) is 10.6. The summed E-state index contributed by atoms with van der Waals surface area (Å²) in [6.45, 7) is 4.44. The minimum Gasteiger partial charge on any atom is -0.508 e. The van der Waals surface area contributed by atoms with Crippen molar-refractivity contribution in [3.8, 4) is 16.9 Å². The summed E-state index contributed by atoms with van der Waals surface area (Å²) in [5.74, 6) is 0.141. The quantitative estimate of drug-likeness (QED) is 0.498. The lowest BCUT2D eigenvalue weighted by Crippen LogP contribution is -2.26. The minimum absolute atomic E-state index is 0.0357. The monoisotopic (exact) mass is 416 g/mol. The summed E-state index contributed by atoms with van der Waals surface area (Å²) in [6, 6.07) is 15.1. The molecule has 0 fully saturated rings. The molecule has 0 saturated carbocycles. The van der Waals surface area contributed by atoms with Crippen molar-refractivity contribution >= 4 is 11.7 Å². The number of benzene rings is 2. The Morgan fingerprint density at radius 3 is 2.52 bits per heavy atom. The molecule has 0 radical (unpaired) electrons. The van der Waals surface area contributed by atoms with Gasteiger partial charge in [0.15, 0.2) is 5.78 Å². The van der Waals surface area contributed by atoms with Gasteiger partial charge < -0.3 is 10.4 Å². The van der Waals surface area contributed by atoms with Gasteiger partial charge in [-0.15, -0.1) is 0 Å². The largest absolute Gasteiger partial charge is 0.508 e. The number of carbonyl (C=O) groups excluding carboxylic acids is 2. The second-order valence-corrected chi connectivity index (χ2v) is 7.61. The second kappa shape index (κ2) is 10.5. The average molecular weight is 417 g/mol. The normalized spacial score (nSPS) is 10.6.